The van der Waals surface area contributed by atoms with Crippen LogP contribution in [0, 0.1) is 0 Å². The second kappa shape index (κ2) is 18.4. The number of aliphatic carboxylic acids is 1. The van der Waals surface area contributed by atoms with E-state index in [1.807, 2.05) is 43.3 Å². The molecule has 0 aliphatic carbocycles. The number of carboxylic acids is 1. The van der Waals surface area contributed by atoms with Crippen LogP contribution in [0.4, 0.5) is 0 Å². The van der Waals surface area contributed by atoms with Gasteiger partial charge >= 0.3 is 11.9 Å². The van der Waals surface area contributed by atoms with Crippen molar-refractivity contribution < 1.29 is 19.4 Å². The number of carboxylic acid groups (broad SMARTS) is 1. The predicted octanol–water partition coefficient (Wildman–Crippen LogP) is 4.65. The third-order valence-corrected chi connectivity index (χ3v) is 2.31. The average molecular weight is 335 g/mol. The number of unbranched alkanes of at least 4 members (excludes halogenated alkanes) is 1. The Morgan fingerprint density at radius 1 is 1.21 bits per heavy atom. The lowest BCUT2D eigenvalue weighted by molar-refractivity contribution is -0.138. The maximum absolute atomic E-state index is 10.3. The Hall–Kier alpha value is -2.66. The summed E-state index contributed by atoms with van der Waals surface area (Å²) in [7, 11) is 0. The molecule has 0 atom stereocenters. The first kappa shape index (κ1) is 26.2. The fraction of sp³-hybridized carbons (Fsp3) is 0.263. The van der Waals surface area contributed by atoms with Crippen LogP contribution in [-0.4, -0.2) is 23.7 Å². The first-order valence-corrected chi connectivity index (χ1v) is 7.24. The van der Waals surface area contributed by atoms with Gasteiger partial charge in [-0.2, -0.15) is 0 Å². The average Bonchev–Trinajstić information content (AvgIpc) is 2.56. The molecule has 0 fully saturated rings. The predicted molar refractivity (Wildman–Crippen MR) is 100 cm³/mol. The molecular weight excluding hydrogens is 306 g/mol. The first-order valence-electron chi connectivity index (χ1n) is 7.24. The molecule has 0 aliphatic heterocycles. The summed E-state index contributed by atoms with van der Waals surface area (Å²) in [6.45, 7) is 14.1. The summed E-state index contributed by atoms with van der Waals surface area (Å²) in [5.74, 6) is -1.27. The van der Waals surface area contributed by atoms with Gasteiger partial charge in [-0.3, -0.25) is 0 Å². The molecule has 1 rings (SSSR count). The second-order valence-corrected chi connectivity index (χ2v) is 4.43. The number of carbonyl (C=O) groups excluding carboxylic acids is 1. The fourth-order valence-electron chi connectivity index (χ4n) is 0.965. The van der Waals surface area contributed by atoms with Gasteiger partial charge in [0.1, 0.15) is 0 Å². The number of carbonyl (C=O) groups is 2. The molecule has 1 aromatic carbocycles. The van der Waals surface area contributed by atoms with Crippen molar-refractivity contribution in [2.24, 2.45) is 0 Å². The van der Waals surface area contributed by atoms with Gasteiger partial charge in [0.25, 0.3) is 0 Å². The Labute approximate surface area is 144 Å². The van der Waals surface area contributed by atoms with Crippen LogP contribution in [0.5, 0.6) is 0 Å². The van der Waals surface area contributed by atoms with Crippen molar-refractivity contribution in [2.45, 2.75) is 26.7 Å². The van der Waals surface area contributed by atoms with Crippen molar-refractivity contribution in [2.75, 3.05) is 6.61 Å². The van der Waals surface area contributed by atoms with Gasteiger partial charge in [-0.05, 0) is 18.9 Å². The summed E-state index contributed by atoms with van der Waals surface area (Å²) in [6, 6.07) is 10.0. The van der Waals surface area contributed by atoms with Crippen molar-refractivity contribution in [3.8, 4) is 0 Å². The van der Waals surface area contributed by atoms with Crippen LogP contribution >= 0.6 is 0 Å². The summed E-state index contributed by atoms with van der Waals surface area (Å²) in [5.41, 5.74) is 1.35. The van der Waals surface area contributed by atoms with Crippen LogP contribution in [0.1, 0.15) is 32.3 Å². The summed E-state index contributed by atoms with van der Waals surface area (Å²) < 4.78 is 4.67. The maximum atomic E-state index is 10.3. The minimum absolute atomic E-state index is 0. The SMILES string of the molecule is C=C(C)C(=O)O.C=CC(=O)OCCCC.C=Cc1ccccc1.N. The third kappa shape index (κ3) is 19.3. The topological polar surface area (TPSA) is 98.6 Å². The Morgan fingerprint density at radius 2 is 1.71 bits per heavy atom. The molecule has 0 saturated carbocycles. The minimum Gasteiger partial charge on any atom is -0.478 e. The van der Waals surface area contributed by atoms with Gasteiger partial charge in [-0.1, -0.05) is 69.5 Å². The Morgan fingerprint density at radius 3 is 2.00 bits per heavy atom. The van der Waals surface area contributed by atoms with Gasteiger partial charge in [0.15, 0.2) is 0 Å². The van der Waals surface area contributed by atoms with Crippen molar-refractivity contribution in [1.29, 1.82) is 0 Å². The maximum Gasteiger partial charge on any atom is 0.330 e. The van der Waals surface area contributed by atoms with E-state index >= 15 is 0 Å². The molecule has 0 aliphatic rings. The standard InChI is InChI=1S/C8H8.C7H12O2.C4H6O2.H3N/c1-2-8-6-4-3-5-7-8;1-3-5-6-9-7(8)4-2;1-3(2)4(5)6;/h2-7H,1H2;4H,2-3,5-6H2,1H3;1H2,2H3,(H,5,6);1H3. The molecule has 0 radical (unpaired) electrons. The normalized spacial score (nSPS) is 7.92. The zero-order valence-electron chi connectivity index (χ0n) is 14.7. The van der Waals surface area contributed by atoms with Gasteiger partial charge < -0.3 is 16.0 Å². The van der Waals surface area contributed by atoms with E-state index in [0.29, 0.717) is 6.61 Å². The molecule has 1 aromatic rings. The molecule has 4 N–H and O–H groups in total. The first-order chi connectivity index (χ1) is 10.9. The van der Waals surface area contributed by atoms with E-state index in [0.717, 1.165) is 12.8 Å². The number of hydrogen-bond acceptors (Lipinski definition) is 4. The summed E-state index contributed by atoms with van der Waals surface area (Å²) >= 11 is 0. The third-order valence-electron chi connectivity index (χ3n) is 2.31. The number of esters is 1. The zero-order chi connectivity index (χ0) is 18.1. The van der Waals surface area contributed by atoms with Crippen molar-refractivity contribution in [3.63, 3.8) is 0 Å². The molecule has 0 bridgehead atoms. The van der Waals surface area contributed by atoms with E-state index in [1.54, 1.807) is 0 Å². The van der Waals surface area contributed by atoms with Crippen molar-refractivity contribution >= 4 is 18.0 Å². The van der Waals surface area contributed by atoms with Crippen LogP contribution in [0.15, 0.2) is 61.7 Å². The number of benzene rings is 1. The molecule has 0 unspecified atom stereocenters. The molecule has 0 spiro atoms. The molecule has 134 valence electrons. The van der Waals surface area contributed by atoms with E-state index in [-0.39, 0.29) is 17.7 Å². The minimum atomic E-state index is -0.935. The largest absolute Gasteiger partial charge is 0.478 e. The monoisotopic (exact) mass is 335 g/mol. The van der Waals surface area contributed by atoms with Crippen LogP contribution in [0.25, 0.3) is 6.08 Å². The molecule has 0 amide bonds. The van der Waals surface area contributed by atoms with Gasteiger partial charge in [0.05, 0.1) is 6.61 Å². The zero-order valence-corrected chi connectivity index (χ0v) is 14.7. The van der Waals surface area contributed by atoms with E-state index in [4.69, 9.17) is 5.11 Å². The highest BCUT2D eigenvalue weighted by atomic mass is 16.5. The van der Waals surface area contributed by atoms with E-state index in [9.17, 15) is 9.59 Å². The Balaban J connectivity index is -0.000000275. The van der Waals surface area contributed by atoms with Gasteiger partial charge in [-0.25, -0.2) is 9.59 Å². The fourth-order valence-corrected chi connectivity index (χ4v) is 0.965. The number of rotatable bonds is 6. The molecule has 0 saturated heterocycles. The highest BCUT2D eigenvalue weighted by Gasteiger charge is 1.91. The van der Waals surface area contributed by atoms with Crippen molar-refractivity contribution in [3.05, 3.63) is 67.3 Å². The van der Waals surface area contributed by atoms with E-state index in [2.05, 4.69) is 24.5 Å². The molecule has 0 aromatic heterocycles. The Kier molecular flexibility index (Phi) is 20.1. The van der Waals surface area contributed by atoms with Gasteiger partial charge in [0.2, 0.25) is 0 Å². The van der Waals surface area contributed by atoms with Crippen LogP contribution in [0.2, 0.25) is 0 Å². The highest BCUT2D eigenvalue weighted by molar-refractivity contribution is 5.84. The summed E-state index contributed by atoms with van der Waals surface area (Å²) in [4.78, 5) is 19.9. The molecule has 24 heavy (non-hydrogen) atoms. The van der Waals surface area contributed by atoms with Crippen LogP contribution < -0.4 is 6.15 Å². The lowest BCUT2D eigenvalue weighted by Gasteiger charge is -1.97. The van der Waals surface area contributed by atoms with Gasteiger partial charge in [-0.15, -0.1) is 0 Å². The summed E-state index contributed by atoms with van der Waals surface area (Å²) in [6.07, 6.45) is 4.99. The molecule has 5 nitrogen and oxygen atoms in total. The van der Waals surface area contributed by atoms with Crippen LogP contribution in [-0.2, 0) is 14.3 Å². The quantitative estimate of drug-likeness (QED) is 0.448. The lowest BCUT2D eigenvalue weighted by atomic mass is 10.2. The molecule has 5 heteroatoms. The molecular formula is C19H29NO4. The lowest BCUT2D eigenvalue weighted by Crippen LogP contribution is -2.00. The van der Waals surface area contributed by atoms with Crippen LogP contribution in [0.3, 0.4) is 0 Å². The second-order valence-electron chi connectivity index (χ2n) is 4.43. The Bertz CT molecular complexity index is 483. The van der Waals surface area contributed by atoms with Gasteiger partial charge in [0, 0.05) is 11.6 Å². The van der Waals surface area contributed by atoms with Crippen molar-refractivity contribution in [1.82, 2.24) is 6.15 Å². The van der Waals surface area contributed by atoms with E-state index < -0.39 is 5.97 Å². The molecule has 0 heterocycles. The smallest absolute Gasteiger partial charge is 0.330 e. The summed E-state index contributed by atoms with van der Waals surface area (Å²) in [5, 5.41) is 7.89. The number of ether oxygens (including phenoxy) is 1. The number of hydrogen-bond donors (Lipinski definition) is 2. The van der Waals surface area contributed by atoms with E-state index in [1.165, 1.54) is 18.6 Å². The highest BCUT2D eigenvalue weighted by Crippen LogP contribution is 1.97.